The molecular formula is C10H10ClNOS. The van der Waals surface area contributed by atoms with Crippen LogP contribution in [0.15, 0.2) is 18.2 Å². The molecular weight excluding hydrogens is 218 g/mol. The Balaban J connectivity index is 2.73. The molecule has 74 valence electrons. The van der Waals surface area contributed by atoms with Gasteiger partial charge in [0.1, 0.15) is 5.75 Å². The Bertz CT molecular complexity index is 466. The largest absolute Gasteiger partial charge is 0.495 e. The van der Waals surface area contributed by atoms with Crippen molar-refractivity contribution in [3.63, 3.8) is 0 Å². The molecule has 0 fully saturated rings. The van der Waals surface area contributed by atoms with Gasteiger partial charge in [-0.15, -0.1) is 22.9 Å². The number of methoxy groups -OCH3 is 1. The number of ether oxygens (including phenoxy) is 1. The van der Waals surface area contributed by atoms with E-state index in [1.54, 1.807) is 18.4 Å². The summed E-state index contributed by atoms with van der Waals surface area (Å²) in [7, 11) is 1.66. The van der Waals surface area contributed by atoms with Crippen LogP contribution in [0.3, 0.4) is 0 Å². The van der Waals surface area contributed by atoms with Gasteiger partial charge in [-0.05, 0) is 18.2 Å². The second-order valence-corrected chi connectivity index (χ2v) is 4.35. The molecule has 0 aliphatic rings. The van der Waals surface area contributed by atoms with Crippen LogP contribution >= 0.6 is 22.9 Å². The van der Waals surface area contributed by atoms with E-state index >= 15 is 0 Å². The topological polar surface area (TPSA) is 35.2 Å². The van der Waals surface area contributed by atoms with Gasteiger partial charge in [0, 0.05) is 15.8 Å². The zero-order chi connectivity index (χ0) is 10.1. The van der Waals surface area contributed by atoms with E-state index in [0.717, 1.165) is 26.4 Å². The lowest BCUT2D eigenvalue weighted by Crippen LogP contribution is -1.85. The minimum absolute atomic E-state index is 0.475. The average molecular weight is 228 g/mol. The fraction of sp³-hybridized carbons (Fsp3) is 0.200. The van der Waals surface area contributed by atoms with Gasteiger partial charge >= 0.3 is 0 Å². The molecule has 2 nitrogen and oxygen atoms in total. The Kier molecular flexibility index (Phi) is 2.52. The lowest BCUT2D eigenvalue weighted by molar-refractivity contribution is 0.418. The molecule has 0 bridgehead atoms. The molecule has 1 heterocycles. The van der Waals surface area contributed by atoms with E-state index in [4.69, 9.17) is 22.1 Å². The first-order chi connectivity index (χ1) is 6.76. The zero-order valence-corrected chi connectivity index (χ0v) is 9.28. The molecule has 0 atom stereocenters. The van der Waals surface area contributed by atoms with Crippen molar-refractivity contribution >= 4 is 38.7 Å². The summed E-state index contributed by atoms with van der Waals surface area (Å²) in [6.45, 7) is 0. The lowest BCUT2D eigenvalue weighted by Gasteiger charge is -1.99. The van der Waals surface area contributed by atoms with Crippen molar-refractivity contribution in [1.29, 1.82) is 0 Å². The quantitative estimate of drug-likeness (QED) is 0.632. The van der Waals surface area contributed by atoms with E-state index in [2.05, 4.69) is 0 Å². The first-order valence-corrected chi connectivity index (χ1v) is 5.52. The van der Waals surface area contributed by atoms with Crippen molar-refractivity contribution in [1.82, 2.24) is 0 Å². The van der Waals surface area contributed by atoms with Crippen molar-refractivity contribution < 1.29 is 4.74 Å². The van der Waals surface area contributed by atoms with E-state index in [1.165, 1.54) is 0 Å². The highest BCUT2D eigenvalue weighted by Crippen LogP contribution is 2.39. The maximum absolute atomic E-state index is 5.82. The third kappa shape index (κ3) is 1.42. The standard InChI is InChI=1S/C10H10ClNOS/c1-13-10-7-3-2-6(12)4-8(7)14-9(10)5-11/h2-4H,5,12H2,1H3. The highest BCUT2D eigenvalue weighted by atomic mass is 35.5. The summed E-state index contributed by atoms with van der Waals surface area (Å²) >= 11 is 7.45. The number of nitrogens with two attached hydrogens (primary N) is 1. The fourth-order valence-electron chi connectivity index (χ4n) is 1.45. The van der Waals surface area contributed by atoms with Crippen LogP contribution in [0, 0.1) is 0 Å². The van der Waals surface area contributed by atoms with Gasteiger partial charge in [-0.25, -0.2) is 0 Å². The van der Waals surface area contributed by atoms with E-state index in [1.807, 2.05) is 18.2 Å². The molecule has 0 saturated heterocycles. The number of alkyl halides is 1. The van der Waals surface area contributed by atoms with E-state index in [9.17, 15) is 0 Å². The van der Waals surface area contributed by atoms with Crippen molar-refractivity contribution in [3.05, 3.63) is 23.1 Å². The normalized spacial score (nSPS) is 10.7. The highest BCUT2D eigenvalue weighted by Gasteiger charge is 2.11. The second-order valence-electron chi connectivity index (χ2n) is 2.95. The summed E-state index contributed by atoms with van der Waals surface area (Å²) in [5.41, 5.74) is 6.47. The minimum atomic E-state index is 0.475. The summed E-state index contributed by atoms with van der Waals surface area (Å²) in [4.78, 5) is 1.05. The van der Waals surface area contributed by atoms with E-state index in [-0.39, 0.29) is 0 Å². The summed E-state index contributed by atoms with van der Waals surface area (Å²) in [6.07, 6.45) is 0. The Hall–Kier alpha value is -0.930. The number of thiophene rings is 1. The van der Waals surface area contributed by atoms with Crippen LogP contribution in [0.4, 0.5) is 5.69 Å². The minimum Gasteiger partial charge on any atom is -0.495 e. The van der Waals surface area contributed by atoms with Crippen LogP contribution in [0.1, 0.15) is 4.88 Å². The third-order valence-corrected chi connectivity index (χ3v) is 3.62. The van der Waals surface area contributed by atoms with Crippen LogP contribution in [0.5, 0.6) is 5.75 Å². The third-order valence-electron chi connectivity index (χ3n) is 2.06. The molecule has 2 rings (SSSR count). The number of rotatable bonds is 2. The van der Waals surface area contributed by atoms with Gasteiger partial charge in [0.2, 0.25) is 0 Å². The number of nitrogen functional groups attached to an aromatic ring is 1. The maximum atomic E-state index is 5.82. The molecule has 0 radical (unpaired) electrons. The Morgan fingerprint density at radius 1 is 1.50 bits per heavy atom. The summed E-state index contributed by atoms with van der Waals surface area (Å²) in [5.74, 6) is 1.35. The molecule has 2 aromatic rings. The van der Waals surface area contributed by atoms with Gasteiger partial charge in [0.15, 0.2) is 0 Å². The Labute approximate surface area is 91.2 Å². The fourth-order valence-corrected chi connectivity index (χ4v) is 2.81. The van der Waals surface area contributed by atoms with Crippen molar-refractivity contribution in [3.8, 4) is 5.75 Å². The predicted octanol–water partition coefficient (Wildman–Crippen LogP) is 3.23. The Morgan fingerprint density at radius 3 is 2.93 bits per heavy atom. The number of hydrogen-bond acceptors (Lipinski definition) is 3. The number of fused-ring (bicyclic) bond motifs is 1. The molecule has 0 saturated carbocycles. The molecule has 1 aromatic heterocycles. The molecule has 4 heteroatoms. The van der Waals surface area contributed by atoms with Crippen molar-refractivity contribution in [2.45, 2.75) is 5.88 Å². The zero-order valence-electron chi connectivity index (χ0n) is 7.71. The highest BCUT2D eigenvalue weighted by molar-refractivity contribution is 7.19. The monoisotopic (exact) mass is 227 g/mol. The second kappa shape index (κ2) is 3.67. The van der Waals surface area contributed by atoms with Gasteiger partial charge in [0.05, 0.1) is 17.9 Å². The number of halogens is 1. The van der Waals surface area contributed by atoms with Crippen LogP contribution < -0.4 is 10.5 Å². The molecule has 0 unspecified atom stereocenters. The maximum Gasteiger partial charge on any atom is 0.141 e. The van der Waals surface area contributed by atoms with Crippen molar-refractivity contribution in [2.24, 2.45) is 0 Å². The lowest BCUT2D eigenvalue weighted by atomic mass is 10.2. The SMILES string of the molecule is COc1c(CCl)sc2cc(N)ccc12. The molecule has 14 heavy (non-hydrogen) atoms. The van der Waals surface area contributed by atoms with E-state index < -0.39 is 0 Å². The summed E-state index contributed by atoms with van der Waals surface area (Å²) < 4.78 is 6.44. The van der Waals surface area contributed by atoms with Crippen LogP contribution in [0.25, 0.3) is 10.1 Å². The predicted molar refractivity (Wildman–Crippen MR) is 62.3 cm³/mol. The van der Waals surface area contributed by atoms with E-state index in [0.29, 0.717) is 5.88 Å². The molecule has 0 aliphatic heterocycles. The number of benzene rings is 1. The van der Waals surface area contributed by atoms with Gasteiger partial charge in [-0.1, -0.05) is 0 Å². The number of anilines is 1. The van der Waals surface area contributed by atoms with Crippen molar-refractivity contribution in [2.75, 3.05) is 12.8 Å². The molecule has 0 amide bonds. The summed E-state index contributed by atoms with van der Waals surface area (Å²) in [5, 5.41) is 1.09. The average Bonchev–Trinajstić information content (AvgIpc) is 2.54. The molecule has 0 aliphatic carbocycles. The smallest absolute Gasteiger partial charge is 0.141 e. The first kappa shape index (κ1) is 9.62. The molecule has 1 aromatic carbocycles. The molecule has 2 N–H and O–H groups in total. The van der Waals surface area contributed by atoms with Crippen LogP contribution in [0.2, 0.25) is 0 Å². The Morgan fingerprint density at radius 2 is 2.29 bits per heavy atom. The van der Waals surface area contributed by atoms with Gasteiger partial charge in [-0.2, -0.15) is 0 Å². The van der Waals surface area contributed by atoms with Gasteiger partial charge in [-0.3, -0.25) is 0 Å². The van der Waals surface area contributed by atoms with Gasteiger partial charge in [0.25, 0.3) is 0 Å². The molecule has 0 spiro atoms. The number of hydrogen-bond donors (Lipinski definition) is 1. The summed E-state index contributed by atoms with van der Waals surface area (Å²) in [6, 6.07) is 5.78. The first-order valence-electron chi connectivity index (χ1n) is 4.17. The van der Waals surface area contributed by atoms with Crippen LogP contribution in [-0.4, -0.2) is 7.11 Å². The van der Waals surface area contributed by atoms with Crippen LogP contribution in [-0.2, 0) is 5.88 Å². The van der Waals surface area contributed by atoms with Gasteiger partial charge < -0.3 is 10.5 Å².